The van der Waals surface area contributed by atoms with Gasteiger partial charge in [-0.1, -0.05) is 84.9 Å². The lowest BCUT2D eigenvalue weighted by Crippen LogP contribution is -2.58. The molecule has 4 atom stereocenters. The van der Waals surface area contributed by atoms with Crippen LogP contribution in [0.5, 0.6) is 0 Å². The maximum absolute atomic E-state index is 14.3. The number of carbonyl (C=O) groups is 5. The summed E-state index contributed by atoms with van der Waals surface area (Å²) in [7, 11) is 0. The van der Waals surface area contributed by atoms with Crippen LogP contribution >= 0.6 is 0 Å². The first kappa shape index (κ1) is 40.5. The molecule has 0 radical (unpaired) electrons. The largest absolute Gasteiger partial charge is 0.370 e. The molecule has 1 aliphatic heterocycles. The van der Waals surface area contributed by atoms with Crippen LogP contribution in [0.3, 0.4) is 0 Å². The van der Waals surface area contributed by atoms with E-state index in [1.54, 1.807) is 0 Å². The number of rotatable bonds is 12. The van der Waals surface area contributed by atoms with Crippen LogP contribution in [0.4, 0.5) is 0 Å². The van der Waals surface area contributed by atoms with Gasteiger partial charge in [-0.05, 0) is 58.4 Å². The number of carbonyl (C=O) groups excluding carboxylic acids is 5. The lowest BCUT2D eigenvalue weighted by Gasteiger charge is -2.26. The number of fused-ring (bicyclic) bond motifs is 2. The molecule has 1 saturated heterocycles. The second-order valence-corrected chi connectivity index (χ2v) is 13.6. The molecular weight excluding hydrogens is 715 g/mol. The first-order chi connectivity index (χ1) is 27.0. The third-order valence-corrected chi connectivity index (χ3v) is 9.42. The molecule has 0 spiro atoms. The summed E-state index contributed by atoms with van der Waals surface area (Å²) in [6.45, 7) is -0.127. The standard InChI is InChI=1S/C40H49N11O5/c41-39(42)45-18-6-14-30-36(54)51-33(22-28-12-5-11-26-9-3-4-13-29(26)28)38(56)49-31(15-7-19-46-40(43)44)37(55)50-32(35(53)47-23-34(52)48-30)21-24-16-17-25-8-1-2-10-27(25)20-24/h1-5,8-13,16-17,20,30-33H,6-7,14-15,18-19,21-23H2,(H,47,53)(H,48,52)(H,49,56)(H,50,55)(H,51,54)(H4,41,42,45)(H4,43,44,46)/t30-,31-,32-,33-/m0/s1. The average molecular weight is 764 g/mol. The van der Waals surface area contributed by atoms with E-state index in [0.29, 0.717) is 12.8 Å². The number of nitrogens with one attached hydrogen (secondary N) is 5. The summed E-state index contributed by atoms with van der Waals surface area (Å²) >= 11 is 0. The highest BCUT2D eigenvalue weighted by molar-refractivity contribution is 5.98. The molecule has 13 N–H and O–H groups in total. The smallest absolute Gasteiger partial charge is 0.243 e. The average Bonchev–Trinajstić information content (AvgIpc) is 3.18. The monoisotopic (exact) mass is 763 g/mol. The van der Waals surface area contributed by atoms with E-state index in [1.165, 1.54) is 0 Å². The number of nitrogens with two attached hydrogens (primary N) is 4. The van der Waals surface area contributed by atoms with Crippen LogP contribution in [-0.2, 0) is 36.8 Å². The van der Waals surface area contributed by atoms with Gasteiger partial charge in [-0.3, -0.25) is 34.0 Å². The summed E-state index contributed by atoms with van der Waals surface area (Å²) < 4.78 is 0. The predicted octanol–water partition coefficient (Wildman–Crippen LogP) is -0.0456. The van der Waals surface area contributed by atoms with Crippen molar-refractivity contribution in [2.75, 3.05) is 19.6 Å². The SMILES string of the molecule is NC(N)=NCCC[C@@H]1NC(=O)CNC(=O)[C@H](Cc2ccc3ccccc3c2)NC(=O)[C@H](CCCN=C(N)N)NC(=O)[C@H](Cc2cccc3ccccc23)NC1=O. The molecule has 0 unspecified atom stereocenters. The molecular formula is C40H49N11O5. The number of guanidine groups is 2. The van der Waals surface area contributed by atoms with Gasteiger partial charge in [0.2, 0.25) is 29.5 Å². The summed E-state index contributed by atoms with van der Waals surface area (Å²) in [5, 5.41) is 17.5. The molecule has 56 heavy (non-hydrogen) atoms. The summed E-state index contributed by atoms with van der Waals surface area (Å²) in [6, 6.07) is 22.1. The maximum Gasteiger partial charge on any atom is 0.243 e. The van der Waals surface area contributed by atoms with Gasteiger partial charge in [0.05, 0.1) is 6.54 Å². The van der Waals surface area contributed by atoms with Gasteiger partial charge >= 0.3 is 0 Å². The Hall–Kier alpha value is -6.71. The van der Waals surface area contributed by atoms with Gasteiger partial charge in [-0.15, -0.1) is 0 Å². The van der Waals surface area contributed by atoms with Gasteiger partial charge in [-0.2, -0.15) is 0 Å². The zero-order valence-corrected chi connectivity index (χ0v) is 31.0. The van der Waals surface area contributed by atoms with Crippen molar-refractivity contribution in [2.24, 2.45) is 32.9 Å². The molecule has 0 bridgehead atoms. The second-order valence-electron chi connectivity index (χ2n) is 13.6. The lowest BCUT2D eigenvalue weighted by molar-refractivity contribution is -0.134. The van der Waals surface area contributed by atoms with Gasteiger partial charge in [0.15, 0.2) is 11.9 Å². The highest BCUT2D eigenvalue weighted by atomic mass is 16.2. The van der Waals surface area contributed by atoms with Crippen molar-refractivity contribution in [1.29, 1.82) is 0 Å². The first-order valence-electron chi connectivity index (χ1n) is 18.5. The third kappa shape index (κ3) is 11.6. The number of amides is 5. The zero-order chi connectivity index (χ0) is 40.0. The quantitative estimate of drug-likeness (QED) is 0.0531. The molecule has 0 aliphatic carbocycles. The van der Waals surface area contributed by atoms with Gasteiger partial charge < -0.3 is 49.5 Å². The van der Waals surface area contributed by atoms with Crippen LogP contribution in [0.1, 0.15) is 36.8 Å². The molecule has 294 valence electrons. The molecule has 5 amide bonds. The fraction of sp³-hybridized carbons (Fsp3) is 0.325. The Kier molecular flexibility index (Phi) is 14.1. The molecule has 16 nitrogen and oxygen atoms in total. The molecule has 0 saturated carbocycles. The number of hydrogen-bond acceptors (Lipinski definition) is 7. The molecule has 16 heteroatoms. The Bertz CT molecular complexity index is 2110. The van der Waals surface area contributed by atoms with Crippen molar-refractivity contribution in [2.45, 2.75) is 62.7 Å². The van der Waals surface area contributed by atoms with Crippen molar-refractivity contribution in [1.82, 2.24) is 26.6 Å². The van der Waals surface area contributed by atoms with Crippen LogP contribution in [-0.4, -0.2) is 85.3 Å². The molecule has 1 fully saturated rings. The number of nitrogens with zero attached hydrogens (tertiary/aromatic N) is 2. The van der Waals surface area contributed by atoms with E-state index in [-0.39, 0.29) is 50.7 Å². The Balaban J connectivity index is 1.50. The highest BCUT2D eigenvalue weighted by Crippen LogP contribution is 2.21. The van der Waals surface area contributed by atoms with Crippen LogP contribution in [0, 0.1) is 0 Å². The Morgan fingerprint density at radius 1 is 0.554 bits per heavy atom. The van der Waals surface area contributed by atoms with E-state index in [1.807, 2.05) is 84.9 Å². The molecule has 1 heterocycles. The topological polar surface area (TPSA) is 274 Å². The summed E-state index contributed by atoms with van der Waals surface area (Å²) in [6.07, 6.45) is 0.960. The predicted molar refractivity (Wildman–Crippen MR) is 216 cm³/mol. The molecule has 1 aliphatic rings. The van der Waals surface area contributed by atoms with E-state index >= 15 is 0 Å². The van der Waals surface area contributed by atoms with Gasteiger partial charge in [0, 0.05) is 25.9 Å². The van der Waals surface area contributed by atoms with Crippen LogP contribution in [0.15, 0.2) is 94.9 Å². The van der Waals surface area contributed by atoms with E-state index in [4.69, 9.17) is 22.9 Å². The first-order valence-corrected chi connectivity index (χ1v) is 18.5. The van der Waals surface area contributed by atoms with Crippen molar-refractivity contribution < 1.29 is 24.0 Å². The normalized spacial score (nSPS) is 19.7. The fourth-order valence-electron chi connectivity index (χ4n) is 6.61. The number of benzene rings is 4. The zero-order valence-electron chi connectivity index (χ0n) is 31.0. The van der Waals surface area contributed by atoms with E-state index in [2.05, 4.69) is 36.6 Å². The Morgan fingerprint density at radius 2 is 1.09 bits per heavy atom. The Labute approximate surface area is 324 Å². The maximum atomic E-state index is 14.3. The molecule has 5 rings (SSSR count). The fourth-order valence-corrected chi connectivity index (χ4v) is 6.61. The highest BCUT2D eigenvalue weighted by Gasteiger charge is 2.32. The van der Waals surface area contributed by atoms with Gasteiger partial charge in [0.25, 0.3) is 0 Å². The van der Waals surface area contributed by atoms with Crippen molar-refractivity contribution in [3.8, 4) is 0 Å². The van der Waals surface area contributed by atoms with Crippen molar-refractivity contribution in [3.63, 3.8) is 0 Å². The summed E-state index contributed by atoms with van der Waals surface area (Å²) in [4.78, 5) is 77.4. The number of hydrogen-bond donors (Lipinski definition) is 9. The Morgan fingerprint density at radius 3 is 1.75 bits per heavy atom. The minimum Gasteiger partial charge on any atom is -0.370 e. The second kappa shape index (κ2) is 19.6. The van der Waals surface area contributed by atoms with E-state index < -0.39 is 60.2 Å². The minimum absolute atomic E-state index is 0.0561. The third-order valence-electron chi connectivity index (χ3n) is 9.42. The van der Waals surface area contributed by atoms with E-state index in [9.17, 15) is 24.0 Å². The molecule has 0 aromatic heterocycles. The summed E-state index contributed by atoms with van der Waals surface area (Å²) in [5.41, 5.74) is 23.5. The van der Waals surface area contributed by atoms with Gasteiger partial charge in [-0.25, -0.2) is 0 Å². The van der Waals surface area contributed by atoms with Crippen molar-refractivity contribution in [3.05, 3.63) is 96.1 Å². The summed E-state index contributed by atoms with van der Waals surface area (Å²) in [5.74, 6) is -3.47. The number of aliphatic imine (C=N–C) groups is 2. The van der Waals surface area contributed by atoms with Gasteiger partial charge in [0.1, 0.15) is 24.2 Å². The van der Waals surface area contributed by atoms with Crippen LogP contribution < -0.4 is 49.5 Å². The van der Waals surface area contributed by atoms with E-state index in [0.717, 1.165) is 32.7 Å². The van der Waals surface area contributed by atoms with Crippen molar-refractivity contribution >= 4 is 63.0 Å². The minimum atomic E-state index is -1.18. The van der Waals surface area contributed by atoms with Crippen LogP contribution in [0.2, 0.25) is 0 Å². The molecule has 4 aromatic rings. The molecule has 4 aromatic carbocycles. The lowest BCUT2D eigenvalue weighted by atomic mass is 9.97. The van der Waals surface area contributed by atoms with Crippen LogP contribution in [0.25, 0.3) is 21.5 Å².